The van der Waals surface area contributed by atoms with E-state index in [2.05, 4.69) is 5.32 Å². The van der Waals surface area contributed by atoms with Crippen molar-refractivity contribution in [3.63, 3.8) is 0 Å². The molecule has 1 amide bonds. The maximum Gasteiger partial charge on any atom is 0.316 e. The predicted octanol–water partition coefficient (Wildman–Crippen LogP) is 6.05. The zero-order chi connectivity index (χ0) is 32.3. The number of ether oxygens (including phenoxy) is 3. The van der Waals surface area contributed by atoms with Crippen molar-refractivity contribution in [2.75, 3.05) is 26.2 Å². The number of esters is 2. The van der Waals surface area contributed by atoms with E-state index in [4.69, 9.17) is 14.2 Å². The SMILES string of the molecule is Br.CC(C)(C)C(=O)Oc1cc(OC(=O)C(C)(C)C)cc(C(=O)CN(CCNC(=O)COc2ccccc2)Cc2ccccc2)c1. The molecular weight excluding hydrogens is 640 g/mol. The second kappa shape index (κ2) is 16.9. The molecule has 0 radical (unpaired) electrons. The van der Waals surface area contributed by atoms with E-state index >= 15 is 0 Å². The van der Waals surface area contributed by atoms with E-state index in [1.807, 2.05) is 53.4 Å². The summed E-state index contributed by atoms with van der Waals surface area (Å²) in [6.07, 6.45) is 0. The Bertz CT molecular complexity index is 1390. The van der Waals surface area contributed by atoms with Crippen molar-refractivity contribution in [3.8, 4) is 17.2 Å². The van der Waals surface area contributed by atoms with Gasteiger partial charge in [0.1, 0.15) is 17.2 Å². The number of rotatable bonds is 13. The predicted molar refractivity (Wildman–Crippen MR) is 178 cm³/mol. The lowest BCUT2D eigenvalue weighted by Crippen LogP contribution is -2.38. The molecule has 1 N–H and O–H groups in total. The molecule has 0 heterocycles. The van der Waals surface area contributed by atoms with Crippen LogP contribution in [0.25, 0.3) is 0 Å². The number of benzene rings is 3. The van der Waals surface area contributed by atoms with Crippen molar-refractivity contribution in [2.45, 2.75) is 48.1 Å². The van der Waals surface area contributed by atoms with Gasteiger partial charge in [-0.15, -0.1) is 17.0 Å². The summed E-state index contributed by atoms with van der Waals surface area (Å²) in [7, 11) is 0. The highest BCUT2D eigenvalue weighted by Gasteiger charge is 2.27. The summed E-state index contributed by atoms with van der Waals surface area (Å²) < 4.78 is 16.6. The van der Waals surface area contributed by atoms with Gasteiger partial charge >= 0.3 is 11.9 Å². The monoisotopic (exact) mass is 682 g/mol. The molecule has 0 aromatic heterocycles. The van der Waals surface area contributed by atoms with E-state index in [9.17, 15) is 19.2 Å². The Morgan fingerprint density at radius 3 is 1.73 bits per heavy atom. The lowest BCUT2D eigenvalue weighted by molar-refractivity contribution is -0.143. The normalized spacial score (nSPS) is 11.3. The molecule has 0 unspecified atom stereocenters. The number of nitrogens with one attached hydrogen (secondary N) is 1. The van der Waals surface area contributed by atoms with E-state index in [1.54, 1.807) is 53.7 Å². The number of amides is 1. The quantitative estimate of drug-likeness (QED) is 0.132. The van der Waals surface area contributed by atoms with Gasteiger partial charge in [0.25, 0.3) is 5.91 Å². The second-order valence-electron chi connectivity index (χ2n) is 12.5. The molecular formula is C35H43BrN2O7. The molecule has 0 atom stereocenters. The summed E-state index contributed by atoms with van der Waals surface area (Å²) in [6.45, 7) is 11.3. The molecule has 242 valence electrons. The molecule has 0 fully saturated rings. The topological polar surface area (TPSA) is 111 Å². The molecule has 10 heteroatoms. The second-order valence-corrected chi connectivity index (χ2v) is 12.5. The summed E-state index contributed by atoms with van der Waals surface area (Å²) >= 11 is 0. The number of hydrogen-bond acceptors (Lipinski definition) is 8. The van der Waals surface area contributed by atoms with Crippen LogP contribution in [0.3, 0.4) is 0 Å². The van der Waals surface area contributed by atoms with Crippen LogP contribution in [-0.2, 0) is 20.9 Å². The van der Waals surface area contributed by atoms with Gasteiger partial charge in [-0.05, 0) is 71.4 Å². The van der Waals surface area contributed by atoms with E-state index in [0.717, 1.165) is 5.56 Å². The maximum absolute atomic E-state index is 13.6. The zero-order valence-corrected chi connectivity index (χ0v) is 28.5. The van der Waals surface area contributed by atoms with E-state index in [1.165, 1.54) is 18.2 Å². The number of carbonyl (C=O) groups excluding carboxylic acids is 4. The fraction of sp³-hybridized carbons (Fsp3) is 0.371. The number of halogens is 1. The molecule has 0 spiro atoms. The van der Waals surface area contributed by atoms with Gasteiger partial charge in [-0.3, -0.25) is 24.1 Å². The summed E-state index contributed by atoms with van der Waals surface area (Å²) in [5.74, 6) is -0.733. The lowest BCUT2D eigenvalue weighted by atomic mass is 9.97. The number of carbonyl (C=O) groups is 4. The summed E-state index contributed by atoms with van der Waals surface area (Å²) in [5.41, 5.74) is -0.359. The Balaban J connectivity index is 0.00000705. The van der Waals surface area contributed by atoms with Crippen molar-refractivity contribution in [1.29, 1.82) is 0 Å². The fourth-order valence-corrected chi connectivity index (χ4v) is 3.79. The first-order valence-electron chi connectivity index (χ1n) is 14.5. The number of ketones is 1. The third kappa shape index (κ3) is 12.9. The highest BCUT2D eigenvalue weighted by Crippen LogP contribution is 2.28. The van der Waals surface area contributed by atoms with Crippen LogP contribution in [0.2, 0.25) is 0 Å². The van der Waals surface area contributed by atoms with Crippen LogP contribution in [0, 0.1) is 10.8 Å². The van der Waals surface area contributed by atoms with Gasteiger partial charge in [-0.1, -0.05) is 48.5 Å². The average molecular weight is 684 g/mol. The van der Waals surface area contributed by atoms with Crippen molar-refractivity contribution >= 4 is 40.6 Å². The third-order valence-corrected chi connectivity index (χ3v) is 6.33. The van der Waals surface area contributed by atoms with E-state index in [-0.39, 0.29) is 65.4 Å². The molecule has 0 bridgehead atoms. The van der Waals surface area contributed by atoms with Crippen molar-refractivity contribution in [1.82, 2.24) is 10.2 Å². The Hall–Kier alpha value is -4.02. The summed E-state index contributed by atoms with van der Waals surface area (Å²) in [6, 6.07) is 23.1. The standard InChI is InChI=1S/C35H42N2O7.BrH/c1-34(2,3)32(40)43-28-19-26(20-29(21-28)44-33(41)35(4,5)6)30(38)23-37(22-25-13-9-7-10-14-25)18-17-36-31(39)24-42-27-15-11-8-12-16-27;/h7-16,19-21H,17-18,22-24H2,1-6H3,(H,36,39);1H. The summed E-state index contributed by atoms with van der Waals surface area (Å²) in [4.78, 5) is 53.2. The molecule has 45 heavy (non-hydrogen) atoms. The van der Waals surface area contributed by atoms with Gasteiger partial charge in [0.05, 0.1) is 17.4 Å². The van der Waals surface area contributed by atoms with Gasteiger partial charge in [0, 0.05) is 31.3 Å². The molecule has 0 aliphatic rings. The van der Waals surface area contributed by atoms with Gasteiger partial charge in [-0.25, -0.2) is 0 Å². The zero-order valence-electron chi connectivity index (χ0n) is 26.8. The highest BCUT2D eigenvalue weighted by atomic mass is 79.9. The van der Waals surface area contributed by atoms with Crippen LogP contribution < -0.4 is 19.5 Å². The van der Waals surface area contributed by atoms with Crippen LogP contribution in [0.5, 0.6) is 17.2 Å². The largest absolute Gasteiger partial charge is 0.484 e. The molecule has 0 saturated heterocycles. The van der Waals surface area contributed by atoms with E-state index in [0.29, 0.717) is 18.8 Å². The maximum atomic E-state index is 13.6. The number of para-hydroxylation sites is 1. The number of nitrogens with zero attached hydrogens (tertiary/aromatic N) is 1. The summed E-state index contributed by atoms with van der Waals surface area (Å²) in [5, 5.41) is 2.84. The Morgan fingerprint density at radius 1 is 0.711 bits per heavy atom. The Kier molecular flexibility index (Phi) is 13.9. The third-order valence-electron chi connectivity index (χ3n) is 6.33. The first-order chi connectivity index (χ1) is 20.7. The van der Waals surface area contributed by atoms with Crippen molar-refractivity contribution in [3.05, 3.63) is 90.0 Å². The molecule has 0 aliphatic heterocycles. The molecule has 3 aromatic carbocycles. The van der Waals surface area contributed by atoms with Crippen LogP contribution in [0.15, 0.2) is 78.9 Å². The van der Waals surface area contributed by atoms with Gasteiger partial charge in [0.15, 0.2) is 12.4 Å². The lowest BCUT2D eigenvalue weighted by Gasteiger charge is -2.23. The smallest absolute Gasteiger partial charge is 0.316 e. The highest BCUT2D eigenvalue weighted by molar-refractivity contribution is 8.93. The molecule has 0 aliphatic carbocycles. The molecule has 3 aromatic rings. The van der Waals surface area contributed by atoms with Crippen molar-refractivity contribution < 1.29 is 33.4 Å². The van der Waals surface area contributed by atoms with Gasteiger partial charge < -0.3 is 19.5 Å². The van der Waals surface area contributed by atoms with Gasteiger partial charge in [-0.2, -0.15) is 0 Å². The van der Waals surface area contributed by atoms with Gasteiger partial charge in [0.2, 0.25) is 0 Å². The van der Waals surface area contributed by atoms with Crippen LogP contribution in [-0.4, -0.2) is 54.8 Å². The Morgan fingerprint density at radius 2 is 1.22 bits per heavy atom. The van der Waals surface area contributed by atoms with Crippen LogP contribution in [0.4, 0.5) is 0 Å². The van der Waals surface area contributed by atoms with Crippen LogP contribution >= 0.6 is 17.0 Å². The molecule has 3 rings (SSSR count). The Labute approximate surface area is 276 Å². The van der Waals surface area contributed by atoms with E-state index < -0.39 is 22.8 Å². The van der Waals surface area contributed by atoms with Crippen molar-refractivity contribution in [2.24, 2.45) is 10.8 Å². The number of hydrogen-bond donors (Lipinski definition) is 1. The minimum Gasteiger partial charge on any atom is -0.484 e. The minimum absolute atomic E-state index is 0. The first kappa shape index (κ1) is 37.2. The minimum atomic E-state index is -0.786. The fourth-order valence-electron chi connectivity index (χ4n) is 3.79. The number of Topliss-reactive ketones (excluding diaryl/α,β-unsaturated/α-hetero) is 1. The first-order valence-corrected chi connectivity index (χ1v) is 14.5. The average Bonchev–Trinajstić information content (AvgIpc) is 2.96. The van der Waals surface area contributed by atoms with Crippen LogP contribution in [0.1, 0.15) is 57.5 Å². The molecule has 9 nitrogen and oxygen atoms in total. The molecule has 0 saturated carbocycles.